The molecule has 1 N–H and O–H groups in total. The maximum absolute atomic E-state index is 11.7. The van der Waals surface area contributed by atoms with Crippen molar-refractivity contribution in [3.8, 4) is 6.07 Å². The Labute approximate surface area is 108 Å². The van der Waals surface area contributed by atoms with Crippen LogP contribution in [0.15, 0.2) is 12.2 Å². The Bertz CT molecular complexity index is 436. The number of hydrogen-bond donors (Lipinski definition) is 1. The van der Waals surface area contributed by atoms with E-state index in [9.17, 15) is 15.2 Å². The second-order valence-electron chi connectivity index (χ2n) is 6.33. The Morgan fingerprint density at radius 3 is 2.83 bits per heavy atom. The monoisotopic (exact) mass is 247 g/mol. The molecule has 0 heterocycles. The molecule has 0 radical (unpaired) electrons. The van der Waals surface area contributed by atoms with Gasteiger partial charge in [-0.2, -0.15) is 5.26 Å². The van der Waals surface area contributed by atoms with Crippen LogP contribution in [0.25, 0.3) is 0 Å². The largest absolute Gasteiger partial charge is 0.389 e. The van der Waals surface area contributed by atoms with E-state index in [2.05, 4.69) is 12.6 Å². The summed E-state index contributed by atoms with van der Waals surface area (Å²) in [5.74, 6) is 0.0821. The zero-order valence-corrected chi connectivity index (χ0v) is 11.2. The second kappa shape index (κ2) is 4.20. The van der Waals surface area contributed by atoms with Crippen molar-refractivity contribution in [1.29, 1.82) is 5.26 Å². The number of rotatable bonds is 1. The zero-order valence-electron chi connectivity index (χ0n) is 11.2. The minimum absolute atomic E-state index is 0.119. The first-order chi connectivity index (χ1) is 8.32. The van der Waals surface area contributed by atoms with Gasteiger partial charge in [0.15, 0.2) is 0 Å². The van der Waals surface area contributed by atoms with Crippen molar-refractivity contribution in [3.63, 3.8) is 0 Å². The lowest BCUT2D eigenvalue weighted by atomic mass is 9.50. The molecule has 2 saturated carbocycles. The van der Waals surface area contributed by atoms with Crippen LogP contribution in [0.4, 0.5) is 0 Å². The standard InChI is InChI=1S/C15H21NO2/c1-10(2)11-6-12(9-16)14(3)5-4-13(17)8-15(14,18)7-11/h11-12,18H,1,4-8H2,2-3H3/t11-,12+,14-,15+/m0/s1. The van der Waals surface area contributed by atoms with Gasteiger partial charge in [0, 0.05) is 18.3 Å². The molecule has 98 valence electrons. The average Bonchev–Trinajstić information content (AvgIpc) is 2.29. The number of fused-ring (bicyclic) bond motifs is 1. The number of hydrogen-bond acceptors (Lipinski definition) is 3. The summed E-state index contributed by atoms with van der Waals surface area (Å²) in [7, 11) is 0. The lowest BCUT2D eigenvalue weighted by Gasteiger charge is -2.55. The Morgan fingerprint density at radius 2 is 2.28 bits per heavy atom. The van der Waals surface area contributed by atoms with Gasteiger partial charge in [0.05, 0.1) is 17.6 Å². The summed E-state index contributed by atoms with van der Waals surface area (Å²) in [6.07, 6.45) is 2.66. The molecule has 0 bridgehead atoms. The van der Waals surface area contributed by atoms with Crippen LogP contribution in [0, 0.1) is 28.6 Å². The smallest absolute Gasteiger partial charge is 0.135 e. The van der Waals surface area contributed by atoms with Crippen molar-refractivity contribution in [2.24, 2.45) is 17.3 Å². The topological polar surface area (TPSA) is 61.1 Å². The first-order valence-electron chi connectivity index (χ1n) is 6.61. The number of Topliss-reactive ketones (excluding diaryl/α,β-unsaturated/α-hetero) is 1. The second-order valence-corrected chi connectivity index (χ2v) is 6.33. The van der Waals surface area contributed by atoms with Crippen LogP contribution in [0.1, 0.15) is 46.0 Å². The summed E-state index contributed by atoms with van der Waals surface area (Å²) < 4.78 is 0. The van der Waals surface area contributed by atoms with Crippen molar-refractivity contribution in [2.75, 3.05) is 0 Å². The van der Waals surface area contributed by atoms with Gasteiger partial charge in [-0.25, -0.2) is 0 Å². The maximum atomic E-state index is 11.7. The maximum Gasteiger partial charge on any atom is 0.135 e. The van der Waals surface area contributed by atoms with Gasteiger partial charge < -0.3 is 5.11 Å². The predicted molar refractivity (Wildman–Crippen MR) is 68.6 cm³/mol. The van der Waals surface area contributed by atoms with E-state index in [-0.39, 0.29) is 24.0 Å². The molecular weight excluding hydrogens is 226 g/mol. The van der Waals surface area contributed by atoms with Gasteiger partial charge in [-0.1, -0.05) is 19.1 Å². The van der Waals surface area contributed by atoms with Crippen LogP contribution in [-0.4, -0.2) is 16.5 Å². The Kier molecular flexibility index (Phi) is 3.11. The lowest BCUT2D eigenvalue weighted by Crippen LogP contribution is -2.58. The van der Waals surface area contributed by atoms with E-state index < -0.39 is 11.0 Å². The molecule has 3 heteroatoms. The van der Waals surface area contributed by atoms with Crippen molar-refractivity contribution < 1.29 is 9.90 Å². The van der Waals surface area contributed by atoms with Crippen LogP contribution in [-0.2, 0) is 4.79 Å². The minimum atomic E-state index is -1.02. The van der Waals surface area contributed by atoms with Crippen molar-refractivity contribution in [1.82, 2.24) is 0 Å². The molecule has 0 aromatic rings. The number of carbonyl (C=O) groups excluding carboxylic acids is 1. The van der Waals surface area contributed by atoms with Crippen LogP contribution < -0.4 is 0 Å². The summed E-state index contributed by atoms with van der Waals surface area (Å²) in [4.78, 5) is 11.7. The molecule has 0 aromatic carbocycles. The molecule has 0 spiro atoms. The molecule has 0 saturated heterocycles. The van der Waals surface area contributed by atoms with Gasteiger partial charge >= 0.3 is 0 Å². The molecule has 2 rings (SSSR count). The third-order valence-electron chi connectivity index (χ3n) is 5.20. The SMILES string of the molecule is C=C(C)[C@H]1C[C@H](C#N)[C@]2(C)CCC(=O)C[C@]2(O)C1. The Morgan fingerprint density at radius 1 is 1.61 bits per heavy atom. The van der Waals surface area contributed by atoms with E-state index in [4.69, 9.17) is 0 Å². The molecule has 0 unspecified atom stereocenters. The summed E-state index contributed by atoms with van der Waals surface area (Å²) in [6.45, 7) is 7.87. The number of carbonyl (C=O) groups is 1. The molecular formula is C15H21NO2. The van der Waals surface area contributed by atoms with Gasteiger partial charge in [-0.15, -0.1) is 0 Å². The average molecular weight is 247 g/mol. The van der Waals surface area contributed by atoms with E-state index >= 15 is 0 Å². The van der Waals surface area contributed by atoms with Gasteiger partial charge in [0.2, 0.25) is 0 Å². The molecule has 2 aliphatic carbocycles. The molecule has 0 amide bonds. The molecule has 3 nitrogen and oxygen atoms in total. The van der Waals surface area contributed by atoms with Crippen LogP contribution >= 0.6 is 0 Å². The van der Waals surface area contributed by atoms with Crippen LogP contribution in [0.2, 0.25) is 0 Å². The van der Waals surface area contributed by atoms with Crippen LogP contribution in [0.3, 0.4) is 0 Å². The normalized spacial score (nSPS) is 44.0. The number of nitriles is 1. The Hall–Kier alpha value is -1.14. The van der Waals surface area contributed by atoms with Gasteiger partial charge in [0.1, 0.15) is 5.78 Å². The highest BCUT2D eigenvalue weighted by molar-refractivity contribution is 5.80. The quantitative estimate of drug-likeness (QED) is 0.724. The van der Waals surface area contributed by atoms with E-state index in [1.807, 2.05) is 13.8 Å². The minimum Gasteiger partial charge on any atom is -0.389 e. The van der Waals surface area contributed by atoms with Crippen molar-refractivity contribution in [3.05, 3.63) is 12.2 Å². The number of allylic oxidation sites excluding steroid dienone is 1. The van der Waals surface area contributed by atoms with Gasteiger partial charge in [-0.3, -0.25) is 4.79 Å². The van der Waals surface area contributed by atoms with Crippen molar-refractivity contribution >= 4 is 5.78 Å². The number of ketones is 1. The lowest BCUT2D eigenvalue weighted by molar-refractivity contribution is -0.169. The fourth-order valence-electron chi connectivity index (χ4n) is 3.66. The number of aliphatic hydroxyl groups is 1. The third kappa shape index (κ3) is 1.80. The summed E-state index contributed by atoms with van der Waals surface area (Å²) in [5, 5.41) is 20.3. The first-order valence-corrected chi connectivity index (χ1v) is 6.61. The fourth-order valence-corrected chi connectivity index (χ4v) is 3.66. The van der Waals surface area contributed by atoms with Crippen molar-refractivity contribution in [2.45, 2.75) is 51.6 Å². The molecule has 2 aliphatic rings. The highest BCUT2D eigenvalue weighted by Gasteiger charge is 2.58. The van der Waals surface area contributed by atoms with E-state index in [0.717, 1.165) is 12.0 Å². The van der Waals surface area contributed by atoms with Gasteiger partial charge in [-0.05, 0) is 32.1 Å². The fraction of sp³-hybridized carbons (Fsp3) is 0.733. The molecule has 18 heavy (non-hydrogen) atoms. The predicted octanol–water partition coefficient (Wildman–Crippen LogP) is 2.60. The molecule has 0 aliphatic heterocycles. The third-order valence-corrected chi connectivity index (χ3v) is 5.20. The Balaban J connectivity index is 2.39. The summed E-state index contributed by atoms with van der Waals surface area (Å²) in [5.41, 5.74) is -0.463. The highest BCUT2D eigenvalue weighted by atomic mass is 16.3. The molecule has 4 atom stereocenters. The highest BCUT2D eigenvalue weighted by Crippen LogP contribution is 2.57. The first kappa shape index (κ1) is 13.3. The molecule has 2 fully saturated rings. The summed E-state index contributed by atoms with van der Waals surface area (Å²) in [6, 6.07) is 2.36. The zero-order chi connectivity index (χ0) is 13.6. The van der Waals surface area contributed by atoms with E-state index in [1.165, 1.54) is 0 Å². The van der Waals surface area contributed by atoms with E-state index in [0.29, 0.717) is 19.3 Å². The van der Waals surface area contributed by atoms with E-state index in [1.54, 1.807) is 0 Å². The molecule has 0 aromatic heterocycles. The summed E-state index contributed by atoms with van der Waals surface area (Å²) >= 11 is 0. The van der Waals surface area contributed by atoms with Crippen LogP contribution in [0.5, 0.6) is 0 Å². The van der Waals surface area contributed by atoms with Gasteiger partial charge in [0.25, 0.3) is 0 Å². The number of nitrogens with zero attached hydrogens (tertiary/aromatic N) is 1.